The normalized spacial score (nSPS) is 12.8. The van der Waals surface area contributed by atoms with Crippen LogP contribution in [0.1, 0.15) is 143 Å². The molecule has 1 N–H and O–H groups in total. The number of unbranched alkanes of at least 4 members (excludes halogenated alkanes) is 12. The molecule has 0 rings (SSSR count). The third kappa shape index (κ3) is 20.2. The molecule has 2 nitrogen and oxygen atoms in total. The second kappa shape index (κ2) is 19.8. The van der Waals surface area contributed by atoms with E-state index in [0.29, 0.717) is 5.92 Å². The van der Waals surface area contributed by atoms with Gasteiger partial charge in [-0.25, -0.2) is 0 Å². The summed E-state index contributed by atoms with van der Waals surface area (Å²) < 4.78 is 0. The lowest BCUT2D eigenvalue weighted by Crippen LogP contribution is -2.13. The number of hydrogen-bond donors (Lipinski definition) is 1. The molecule has 28 heavy (non-hydrogen) atoms. The van der Waals surface area contributed by atoms with Gasteiger partial charge in [-0.15, -0.1) is 0 Å². The molecule has 0 aliphatic heterocycles. The van der Waals surface area contributed by atoms with Gasteiger partial charge in [-0.2, -0.15) is 0 Å². The van der Waals surface area contributed by atoms with E-state index in [1.807, 2.05) is 0 Å². The first kappa shape index (κ1) is 27.5. The van der Waals surface area contributed by atoms with Gasteiger partial charge >= 0.3 is 5.97 Å². The number of carbonyl (C=O) groups is 1. The lowest BCUT2D eigenvalue weighted by atomic mass is 9.93. The molecule has 0 aromatic rings. The molecule has 168 valence electrons. The Bertz CT molecular complexity index is 335. The predicted molar refractivity (Wildman–Crippen MR) is 124 cm³/mol. The van der Waals surface area contributed by atoms with Crippen LogP contribution in [0.25, 0.3) is 0 Å². The zero-order chi connectivity index (χ0) is 21.0. The minimum absolute atomic E-state index is 0.107. The number of hydrogen-bond acceptors (Lipinski definition) is 1. The van der Waals surface area contributed by atoms with E-state index in [9.17, 15) is 9.90 Å². The van der Waals surface area contributed by atoms with Crippen LogP contribution in [0.3, 0.4) is 0 Å². The predicted octanol–water partition coefficient (Wildman–Crippen LogP) is 9.02. The van der Waals surface area contributed by atoms with Crippen LogP contribution in [0.15, 0.2) is 0 Å². The van der Waals surface area contributed by atoms with Crippen LogP contribution in [0.5, 0.6) is 0 Å². The van der Waals surface area contributed by atoms with Crippen molar-refractivity contribution in [3.8, 4) is 0 Å². The van der Waals surface area contributed by atoms with Gasteiger partial charge in [0.05, 0.1) is 5.92 Å². The van der Waals surface area contributed by atoms with E-state index in [2.05, 4.69) is 27.7 Å². The monoisotopic (exact) mass is 396 g/mol. The third-order valence-corrected chi connectivity index (χ3v) is 6.02. The maximum Gasteiger partial charge on any atom is 0.306 e. The second-order valence-corrected chi connectivity index (χ2v) is 9.93. The zero-order valence-electron chi connectivity index (χ0n) is 19.8. The molecular formula is C26H52O2. The summed E-state index contributed by atoms with van der Waals surface area (Å²) in [5, 5.41) is 9.36. The fourth-order valence-electron chi connectivity index (χ4n) is 4.05. The number of carboxylic acid groups (broad SMARTS) is 1. The Kier molecular flexibility index (Phi) is 19.4. The van der Waals surface area contributed by atoms with Crippen LogP contribution in [-0.4, -0.2) is 11.1 Å². The first-order chi connectivity index (χ1) is 13.4. The molecule has 0 fully saturated rings. The first-order valence-electron chi connectivity index (χ1n) is 12.7. The standard InChI is InChI=1S/C26H52O2/c1-23(2)19-16-14-12-10-8-6-5-7-9-11-13-15-17-21-25(26(27)28)22-18-20-24(3)4/h23-25H,5-22H2,1-4H3,(H,27,28). The highest BCUT2D eigenvalue weighted by Crippen LogP contribution is 2.20. The van der Waals surface area contributed by atoms with E-state index in [0.717, 1.165) is 38.0 Å². The Morgan fingerprint density at radius 1 is 0.500 bits per heavy atom. The highest BCUT2D eigenvalue weighted by Gasteiger charge is 2.16. The Morgan fingerprint density at radius 3 is 1.14 bits per heavy atom. The fraction of sp³-hybridized carbons (Fsp3) is 0.962. The Labute approximate surface area is 177 Å². The van der Waals surface area contributed by atoms with Crippen molar-refractivity contribution in [2.24, 2.45) is 17.8 Å². The summed E-state index contributed by atoms with van der Waals surface area (Å²) in [4.78, 5) is 11.4. The van der Waals surface area contributed by atoms with Gasteiger partial charge in [-0.05, 0) is 24.7 Å². The molecule has 0 aromatic carbocycles. The van der Waals surface area contributed by atoms with Gasteiger partial charge in [0.25, 0.3) is 0 Å². The molecule has 1 unspecified atom stereocenters. The lowest BCUT2D eigenvalue weighted by molar-refractivity contribution is -0.142. The van der Waals surface area contributed by atoms with Gasteiger partial charge in [-0.1, -0.05) is 130 Å². The van der Waals surface area contributed by atoms with E-state index in [-0.39, 0.29) is 5.92 Å². The van der Waals surface area contributed by atoms with Gasteiger partial charge in [0.15, 0.2) is 0 Å². The molecule has 0 amide bonds. The molecular weight excluding hydrogens is 344 g/mol. The third-order valence-electron chi connectivity index (χ3n) is 6.02. The van der Waals surface area contributed by atoms with E-state index in [1.54, 1.807) is 0 Å². The van der Waals surface area contributed by atoms with E-state index < -0.39 is 5.97 Å². The van der Waals surface area contributed by atoms with E-state index in [1.165, 1.54) is 83.5 Å². The van der Waals surface area contributed by atoms with E-state index in [4.69, 9.17) is 0 Å². The molecule has 0 heterocycles. The van der Waals surface area contributed by atoms with Crippen molar-refractivity contribution in [1.29, 1.82) is 0 Å². The molecule has 1 atom stereocenters. The Morgan fingerprint density at radius 2 is 0.786 bits per heavy atom. The van der Waals surface area contributed by atoms with Crippen molar-refractivity contribution in [2.45, 2.75) is 143 Å². The zero-order valence-corrected chi connectivity index (χ0v) is 19.8. The second-order valence-electron chi connectivity index (χ2n) is 9.93. The maximum absolute atomic E-state index is 11.4. The van der Waals surface area contributed by atoms with Crippen molar-refractivity contribution in [1.82, 2.24) is 0 Å². The SMILES string of the molecule is CC(C)CCCCCCCCCCCCCCCC(CCCC(C)C)C(=O)O. The van der Waals surface area contributed by atoms with Crippen molar-refractivity contribution >= 4 is 5.97 Å². The maximum atomic E-state index is 11.4. The average Bonchev–Trinajstić information content (AvgIpc) is 2.62. The topological polar surface area (TPSA) is 37.3 Å². The summed E-state index contributed by atoms with van der Waals surface area (Å²) in [6.07, 6.45) is 23.0. The van der Waals surface area contributed by atoms with Crippen molar-refractivity contribution in [2.75, 3.05) is 0 Å². The van der Waals surface area contributed by atoms with Gasteiger partial charge in [0.1, 0.15) is 0 Å². The summed E-state index contributed by atoms with van der Waals surface area (Å²) in [5.41, 5.74) is 0. The molecule has 0 aliphatic carbocycles. The van der Waals surface area contributed by atoms with Gasteiger partial charge in [0, 0.05) is 0 Å². The van der Waals surface area contributed by atoms with Crippen LogP contribution in [-0.2, 0) is 4.79 Å². The Balaban J connectivity index is 3.34. The van der Waals surface area contributed by atoms with Crippen LogP contribution < -0.4 is 0 Å². The van der Waals surface area contributed by atoms with Gasteiger partial charge in [0.2, 0.25) is 0 Å². The minimum Gasteiger partial charge on any atom is -0.481 e. The molecule has 0 saturated heterocycles. The molecule has 2 heteroatoms. The summed E-state index contributed by atoms with van der Waals surface area (Å²) in [6.45, 7) is 9.07. The number of rotatable bonds is 21. The minimum atomic E-state index is -0.580. The molecule has 0 radical (unpaired) electrons. The van der Waals surface area contributed by atoms with Crippen LogP contribution >= 0.6 is 0 Å². The highest BCUT2D eigenvalue weighted by molar-refractivity contribution is 5.69. The van der Waals surface area contributed by atoms with E-state index >= 15 is 0 Å². The quantitative estimate of drug-likeness (QED) is 0.196. The summed E-state index contributed by atoms with van der Waals surface area (Å²) in [6, 6.07) is 0. The molecule has 0 aromatic heterocycles. The summed E-state index contributed by atoms with van der Waals surface area (Å²) in [7, 11) is 0. The number of aliphatic carboxylic acids is 1. The van der Waals surface area contributed by atoms with Gasteiger partial charge < -0.3 is 5.11 Å². The van der Waals surface area contributed by atoms with Crippen molar-refractivity contribution in [3.05, 3.63) is 0 Å². The fourth-order valence-corrected chi connectivity index (χ4v) is 4.05. The lowest BCUT2D eigenvalue weighted by Gasteiger charge is -2.13. The summed E-state index contributed by atoms with van der Waals surface area (Å²) in [5.74, 6) is 0.866. The molecule has 0 aliphatic rings. The van der Waals surface area contributed by atoms with Crippen molar-refractivity contribution in [3.63, 3.8) is 0 Å². The largest absolute Gasteiger partial charge is 0.481 e. The average molecular weight is 397 g/mol. The summed E-state index contributed by atoms with van der Waals surface area (Å²) >= 11 is 0. The highest BCUT2D eigenvalue weighted by atomic mass is 16.4. The van der Waals surface area contributed by atoms with Crippen molar-refractivity contribution < 1.29 is 9.90 Å². The van der Waals surface area contributed by atoms with Gasteiger partial charge in [-0.3, -0.25) is 4.79 Å². The number of carboxylic acids is 1. The Hall–Kier alpha value is -0.530. The first-order valence-corrected chi connectivity index (χ1v) is 12.7. The van der Waals surface area contributed by atoms with Crippen LogP contribution in [0, 0.1) is 17.8 Å². The smallest absolute Gasteiger partial charge is 0.306 e. The molecule has 0 spiro atoms. The van der Waals surface area contributed by atoms with Crippen LogP contribution in [0.4, 0.5) is 0 Å². The molecule has 0 bridgehead atoms. The van der Waals surface area contributed by atoms with Crippen LogP contribution in [0.2, 0.25) is 0 Å². The molecule has 0 saturated carbocycles.